The average molecular weight is 498 g/mol. The Morgan fingerprint density at radius 2 is 2.22 bits per heavy atom. The zero-order valence-electron chi connectivity index (χ0n) is 19.1. The van der Waals surface area contributed by atoms with Gasteiger partial charge in [0.15, 0.2) is 0 Å². The largest absolute Gasteiger partial charge is 0.468 e. The third-order valence-electron chi connectivity index (χ3n) is 5.43. The molecule has 3 rings (SSSR count). The molecule has 0 spiro atoms. The van der Waals surface area contributed by atoms with Gasteiger partial charge in [-0.1, -0.05) is 6.07 Å². The number of hydrogen-bond acceptors (Lipinski definition) is 6. The molecule has 1 aliphatic rings. The molecule has 1 aliphatic heterocycles. The Labute approximate surface area is 199 Å². The monoisotopic (exact) mass is 497 g/mol. The topological polar surface area (TPSA) is 66.0 Å². The van der Waals surface area contributed by atoms with Gasteiger partial charge >= 0.3 is 0 Å². The Morgan fingerprint density at radius 1 is 1.34 bits per heavy atom. The molecule has 0 radical (unpaired) electrons. The summed E-state index contributed by atoms with van der Waals surface area (Å²) in [7, 11) is 1.76. The van der Waals surface area contributed by atoms with Gasteiger partial charge in [-0.2, -0.15) is 0 Å². The third kappa shape index (κ3) is 7.57. The SMILES string of the molecule is CN=C/C(Br)=C(C)/N=C(\C=C(/C)NCc1cccnc1)C1CCCN(Cc2ccco2)C1. The molecule has 0 bridgehead atoms. The highest BCUT2D eigenvalue weighted by molar-refractivity contribution is 9.12. The van der Waals surface area contributed by atoms with Crippen molar-refractivity contribution in [3.05, 3.63) is 76.2 Å². The van der Waals surface area contributed by atoms with Crippen LogP contribution < -0.4 is 5.32 Å². The highest BCUT2D eigenvalue weighted by atomic mass is 79.9. The minimum absolute atomic E-state index is 0.350. The molecule has 2 aromatic rings. The van der Waals surface area contributed by atoms with E-state index in [2.05, 4.69) is 55.2 Å². The van der Waals surface area contributed by atoms with Crippen molar-refractivity contribution in [1.29, 1.82) is 0 Å². The van der Waals surface area contributed by atoms with Gasteiger partial charge in [0, 0.05) is 56.1 Å². The number of piperidine rings is 1. The molecule has 3 heterocycles. The van der Waals surface area contributed by atoms with Gasteiger partial charge in [-0.15, -0.1) is 0 Å². The summed E-state index contributed by atoms with van der Waals surface area (Å²) in [6, 6.07) is 8.02. The van der Waals surface area contributed by atoms with Gasteiger partial charge in [0.05, 0.1) is 23.0 Å². The van der Waals surface area contributed by atoms with E-state index in [1.54, 1.807) is 25.7 Å². The Bertz CT molecular complexity index is 963. The van der Waals surface area contributed by atoms with Crippen LogP contribution in [0.15, 0.2) is 79.3 Å². The minimum atomic E-state index is 0.350. The smallest absolute Gasteiger partial charge is 0.117 e. The first-order chi connectivity index (χ1) is 15.5. The van der Waals surface area contributed by atoms with Crippen LogP contribution >= 0.6 is 15.9 Å². The van der Waals surface area contributed by atoms with E-state index in [-0.39, 0.29) is 0 Å². The van der Waals surface area contributed by atoms with Crippen LogP contribution in [-0.2, 0) is 13.1 Å². The van der Waals surface area contributed by atoms with Gasteiger partial charge in [0.1, 0.15) is 5.76 Å². The number of nitrogens with one attached hydrogen (secondary N) is 1. The maximum Gasteiger partial charge on any atom is 0.117 e. The predicted molar refractivity (Wildman–Crippen MR) is 135 cm³/mol. The standard InChI is InChI=1S/C25H32BrN5O/c1-19(29-15-21-7-4-10-28-14-21)13-25(30-20(2)24(26)16-27-3)22-8-5-11-31(17-22)18-23-9-6-12-32-23/h4,6-7,9-10,12-14,16,22,29H,5,8,11,15,17-18H2,1-3H3/b19-13+,24-20-,27-16?,30-25+. The molecule has 0 aliphatic carbocycles. The molecule has 1 fully saturated rings. The number of pyridine rings is 1. The minimum Gasteiger partial charge on any atom is -0.468 e. The normalized spacial score (nSPS) is 19.3. The van der Waals surface area contributed by atoms with E-state index in [1.165, 1.54) is 0 Å². The maximum atomic E-state index is 5.57. The number of nitrogens with zero attached hydrogens (tertiary/aromatic N) is 4. The van der Waals surface area contributed by atoms with Crippen LogP contribution in [0.1, 0.15) is 38.0 Å². The summed E-state index contributed by atoms with van der Waals surface area (Å²) < 4.78 is 6.46. The number of halogens is 1. The molecular weight excluding hydrogens is 466 g/mol. The Kier molecular flexibility index (Phi) is 9.43. The van der Waals surface area contributed by atoms with Gasteiger partial charge in [-0.3, -0.25) is 19.9 Å². The first-order valence-corrected chi connectivity index (χ1v) is 11.8. The van der Waals surface area contributed by atoms with Crippen LogP contribution in [0, 0.1) is 5.92 Å². The number of allylic oxidation sites excluding steroid dienone is 4. The number of aliphatic imine (C=N–C) groups is 2. The molecule has 0 aromatic carbocycles. The molecule has 7 heteroatoms. The fourth-order valence-corrected chi connectivity index (χ4v) is 4.07. The first-order valence-electron chi connectivity index (χ1n) is 11.0. The van der Waals surface area contributed by atoms with Crippen LogP contribution in [-0.4, -0.2) is 41.9 Å². The summed E-state index contributed by atoms with van der Waals surface area (Å²) >= 11 is 3.59. The van der Waals surface area contributed by atoms with Gasteiger partial charge in [-0.05, 0) is 79.0 Å². The second kappa shape index (κ2) is 12.5. The Hall–Kier alpha value is -2.51. The third-order valence-corrected chi connectivity index (χ3v) is 6.21. The van der Waals surface area contributed by atoms with Crippen molar-refractivity contribution in [2.45, 2.75) is 39.8 Å². The quantitative estimate of drug-likeness (QED) is 0.474. The van der Waals surface area contributed by atoms with Crippen molar-refractivity contribution in [2.75, 3.05) is 20.1 Å². The van der Waals surface area contributed by atoms with Gasteiger partial charge in [0.25, 0.3) is 0 Å². The van der Waals surface area contributed by atoms with Crippen molar-refractivity contribution >= 4 is 27.9 Å². The lowest BCUT2D eigenvalue weighted by Crippen LogP contribution is -2.38. The van der Waals surface area contributed by atoms with Crippen LogP contribution in [0.2, 0.25) is 0 Å². The maximum absolute atomic E-state index is 5.57. The highest BCUT2D eigenvalue weighted by Gasteiger charge is 2.24. The molecule has 1 N–H and O–H groups in total. The molecular formula is C25H32BrN5O. The van der Waals surface area contributed by atoms with E-state index in [4.69, 9.17) is 9.41 Å². The molecule has 1 unspecified atom stereocenters. The van der Waals surface area contributed by atoms with E-state index in [1.807, 2.05) is 31.3 Å². The second-order valence-corrected chi connectivity index (χ2v) is 8.91. The van der Waals surface area contributed by atoms with Crippen molar-refractivity contribution < 1.29 is 4.42 Å². The summed E-state index contributed by atoms with van der Waals surface area (Å²) in [5.41, 5.74) is 4.25. The zero-order chi connectivity index (χ0) is 22.8. The molecule has 0 amide bonds. The molecule has 1 saturated heterocycles. The van der Waals surface area contributed by atoms with Gasteiger partial charge in [-0.25, -0.2) is 0 Å². The fraction of sp³-hybridized carbons (Fsp3) is 0.400. The van der Waals surface area contributed by atoms with Crippen molar-refractivity contribution in [1.82, 2.24) is 15.2 Å². The summed E-state index contributed by atoms with van der Waals surface area (Å²) in [6.07, 6.45) is 11.7. The predicted octanol–water partition coefficient (Wildman–Crippen LogP) is 5.35. The molecule has 0 saturated carbocycles. The van der Waals surface area contributed by atoms with Crippen LogP contribution in [0.4, 0.5) is 0 Å². The van der Waals surface area contributed by atoms with E-state index < -0.39 is 0 Å². The van der Waals surface area contributed by atoms with Gasteiger partial charge in [0.2, 0.25) is 0 Å². The first kappa shape index (κ1) is 24.1. The van der Waals surface area contributed by atoms with E-state index in [0.29, 0.717) is 5.92 Å². The summed E-state index contributed by atoms with van der Waals surface area (Å²) in [4.78, 5) is 15.8. The average Bonchev–Trinajstić information content (AvgIpc) is 3.31. The number of likely N-dealkylation sites (tertiary alicyclic amines) is 1. The summed E-state index contributed by atoms with van der Waals surface area (Å²) in [5.74, 6) is 1.36. The van der Waals surface area contributed by atoms with Crippen LogP contribution in [0.25, 0.3) is 0 Å². The lowest BCUT2D eigenvalue weighted by atomic mass is 9.92. The van der Waals surface area contributed by atoms with E-state index in [9.17, 15) is 0 Å². The fourth-order valence-electron chi connectivity index (χ4n) is 3.78. The molecule has 2 aromatic heterocycles. The van der Waals surface area contributed by atoms with E-state index in [0.717, 1.165) is 71.9 Å². The summed E-state index contributed by atoms with van der Waals surface area (Å²) in [6.45, 7) is 7.71. The molecule has 6 nitrogen and oxygen atoms in total. The number of rotatable bonds is 9. The lowest BCUT2D eigenvalue weighted by molar-refractivity contribution is 0.184. The Balaban J connectivity index is 1.78. The van der Waals surface area contributed by atoms with Crippen molar-refractivity contribution in [3.8, 4) is 0 Å². The Morgan fingerprint density at radius 3 is 2.94 bits per heavy atom. The summed E-state index contributed by atoms with van der Waals surface area (Å²) in [5, 5.41) is 3.50. The number of aromatic nitrogens is 1. The molecule has 32 heavy (non-hydrogen) atoms. The van der Waals surface area contributed by atoms with E-state index >= 15 is 0 Å². The zero-order valence-corrected chi connectivity index (χ0v) is 20.7. The molecule has 1 atom stereocenters. The van der Waals surface area contributed by atoms with Crippen molar-refractivity contribution in [2.24, 2.45) is 15.9 Å². The van der Waals surface area contributed by atoms with Crippen LogP contribution in [0.3, 0.4) is 0 Å². The molecule has 170 valence electrons. The lowest BCUT2D eigenvalue weighted by Gasteiger charge is -2.32. The van der Waals surface area contributed by atoms with Gasteiger partial charge < -0.3 is 9.73 Å². The number of hydrogen-bond donors (Lipinski definition) is 1. The highest BCUT2D eigenvalue weighted by Crippen LogP contribution is 2.23. The van der Waals surface area contributed by atoms with Crippen LogP contribution in [0.5, 0.6) is 0 Å². The number of furan rings is 1. The van der Waals surface area contributed by atoms with Crippen molar-refractivity contribution in [3.63, 3.8) is 0 Å². The second-order valence-electron chi connectivity index (χ2n) is 8.05.